The van der Waals surface area contributed by atoms with Gasteiger partial charge in [-0.3, -0.25) is 18.9 Å². The molecule has 9 heteroatoms. The molecule has 0 aliphatic rings. The Kier molecular flexibility index (Phi) is 6.08. The summed E-state index contributed by atoms with van der Waals surface area (Å²) in [4.78, 5) is 52.3. The Hall–Kier alpha value is -1.70. The van der Waals surface area contributed by atoms with Gasteiger partial charge in [-0.25, -0.2) is 4.57 Å². The number of rotatable bonds is 9. The second-order valence-electron chi connectivity index (χ2n) is 3.49. The highest BCUT2D eigenvalue weighted by molar-refractivity contribution is 7.46. The van der Waals surface area contributed by atoms with Crippen LogP contribution in [0.4, 0.5) is 0 Å². The fourth-order valence-corrected chi connectivity index (χ4v) is 1.80. The second kappa shape index (κ2) is 6.65. The van der Waals surface area contributed by atoms with Crippen LogP contribution in [0.1, 0.15) is 0 Å². The molecule has 0 aromatic carbocycles. The molecule has 0 aromatic rings. The zero-order chi connectivity index (χ0) is 16.1. The molecule has 0 saturated carbocycles. The van der Waals surface area contributed by atoms with Crippen LogP contribution in [0.3, 0.4) is 0 Å². The van der Waals surface area contributed by atoms with Crippen LogP contribution in [0, 0.1) is 0 Å². The largest absolute Gasteiger partial charge is 0.470 e. The molecule has 0 saturated heterocycles. The van der Waals surface area contributed by atoms with Crippen molar-refractivity contribution in [2.24, 2.45) is 0 Å². The lowest BCUT2D eigenvalue weighted by molar-refractivity contribution is -0.160. The number of phosphoric ester groups is 1. The molecule has 0 radical (unpaired) electrons. The second-order valence-corrected chi connectivity index (χ2v) is 4.68. The van der Waals surface area contributed by atoms with Crippen LogP contribution < -0.4 is 0 Å². The van der Waals surface area contributed by atoms with E-state index in [1.165, 1.54) is 0 Å². The van der Waals surface area contributed by atoms with Crippen molar-refractivity contribution >= 4 is 25.2 Å². The van der Waals surface area contributed by atoms with Crippen LogP contribution in [0.5, 0.6) is 0 Å². The Morgan fingerprint density at radius 3 is 1.70 bits per heavy atom. The van der Waals surface area contributed by atoms with E-state index >= 15 is 0 Å². The van der Waals surface area contributed by atoms with E-state index in [4.69, 9.17) is 9.79 Å². The van der Waals surface area contributed by atoms with Crippen LogP contribution in [-0.2, 0) is 23.5 Å². The third-order valence-corrected chi connectivity index (χ3v) is 2.69. The molecule has 8 nitrogen and oxygen atoms in total. The van der Waals surface area contributed by atoms with Gasteiger partial charge in [0.05, 0.1) is 0 Å². The first-order valence-corrected chi connectivity index (χ1v) is 6.54. The first-order valence-electron chi connectivity index (χ1n) is 5.00. The fraction of sp³-hybridized carbons (Fsp3) is 0.182. The Morgan fingerprint density at radius 2 is 1.45 bits per heavy atom. The van der Waals surface area contributed by atoms with E-state index in [9.17, 15) is 24.1 Å². The molecule has 0 aliphatic carbocycles. The number of aliphatic hydroxyl groups is 1. The standard InChI is InChI=1S/C11H13O8P/c1-4-7(12)10(19-20(16,17)18)11(15,8(13)5-2)9(14)6-3/h4-6,10,15H,1-3H2,(H2,16,17,18). The summed E-state index contributed by atoms with van der Waals surface area (Å²) in [6.45, 7) is 9.08. The van der Waals surface area contributed by atoms with E-state index in [0.29, 0.717) is 18.2 Å². The van der Waals surface area contributed by atoms with Gasteiger partial charge in [0, 0.05) is 0 Å². The summed E-state index contributed by atoms with van der Waals surface area (Å²) in [5.74, 6) is -4.03. The van der Waals surface area contributed by atoms with Crippen molar-refractivity contribution in [3.63, 3.8) is 0 Å². The Morgan fingerprint density at radius 1 is 1.05 bits per heavy atom. The van der Waals surface area contributed by atoms with Crippen LogP contribution in [0.25, 0.3) is 0 Å². The molecule has 0 aliphatic heterocycles. The SMILES string of the molecule is C=CC(=O)C(OP(=O)(O)O)C(O)(C(=O)C=C)C(=O)C=C. The van der Waals surface area contributed by atoms with Crippen molar-refractivity contribution in [1.29, 1.82) is 0 Å². The zero-order valence-electron chi connectivity index (χ0n) is 10.3. The number of hydrogen-bond donors (Lipinski definition) is 3. The number of phosphoric acid groups is 1. The van der Waals surface area contributed by atoms with E-state index < -0.39 is 36.9 Å². The smallest absolute Gasteiger partial charge is 0.372 e. The molecule has 0 bridgehead atoms. The Bertz CT molecular complexity index is 495. The van der Waals surface area contributed by atoms with Gasteiger partial charge in [0.25, 0.3) is 0 Å². The molecule has 0 heterocycles. The lowest BCUT2D eigenvalue weighted by atomic mass is 9.84. The highest BCUT2D eigenvalue weighted by Gasteiger charge is 2.53. The van der Waals surface area contributed by atoms with Crippen molar-refractivity contribution in [3.8, 4) is 0 Å². The number of carbonyl (C=O) groups excluding carboxylic acids is 3. The van der Waals surface area contributed by atoms with Crippen LogP contribution >= 0.6 is 7.82 Å². The van der Waals surface area contributed by atoms with Gasteiger partial charge in [0.2, 0.25) is 5.60 Å². The minimum absolute atomic E-state index is 0.508. The van der Waals surface area contributed by atoms with Gasteiger partial charge < -0.3 is 14.9 Å². The molecule has 0 amide bonds. The molecular formula is C11H13O8P. The molecule has 3 N–H and O–H groups in total. The van der Waals surface area contributed by atoms with Gasteiger partial charge in [0.1, 0.15) is 0 Å². The molecule has 0 spiro atoms. The van der Waals surface area contributed by atoms with Gasteiger partial charge in [0.15, 0.2) is 23.5 Å². The number of carbonyl (C=O) groups is 3. The normalized spacial score (nSPS) is 13.2. The highest BCUT2D eigenvalue weighted by Crippen LogP contribution is 2.40. The molecule has 0 aromatic heterocycles. The summed E-state index contributed by atoms with van der Waals surface area (Å²) in [7, 11) is -5.29. The summed E-state index contributed by atoms with van der Waals surface area (Å²) < 4.78 is 14.9. The minimum atomic E-state index is -5.29. The Balaban J connectivity index is 6.07. The van der Waals surface area contributed by atoms with Crippen molar-refractivity contribution < 1.29 is 38.4 Å². The Labute approximate surface area is 114 Å². The quantitative estimate of drug-likeness (QED) is 0.293. The van der Waals surface area contributed by atoms with Gasteiger partial charge in [-0.05, 0) is 18.2 Å². The monoisotopic (exact) mass is 304 g/mol. The van der Waals surface area contributed by atoms with Gasteiger partial charge >= 0.3 is 7.82 Å². The average molecular weight is 304 g/mol. The maximum atomic E-state index is 11.6. The van der Waals surface area contributed by atoms with Gasteiger partial charge in [-0.1, -0.05) is 19.7 Å². The molecule has 1 atom stereocenters. The van der Waals surface area contributed by atoms with Crippen molar-refractivity contribution in [2.45, 2.75) is 11.7 Å². The van der Waals surface area contributed by atoms with Crippen molar-refractivity contribution in [2.75, 3.05) is 0 Å². The molecular weight excluding hydrogens is 291 g/mol. The van der Waals surface area contributed by atoms with E-state index in [1.54, 1.807) is 0 Å². The average Bonchev–Trinajstić information content (AvgIpc) is 2.39. The van der Waals surface area contributed by atoms with Gasteiger partial charge in [-0.15, -0.1) is 0 Å². The van der Waals surface area contributed by atoms with Crippen molar-refractivity contribution in [1.82, 2.24) is 0 Å². The van der Waals surface area contributed by atoms with E-state index in [2.05, 4.69) is 24.3 Å². The molecule has 1 unspecified atom stereocenters. The summed E-state index contributed by atoms with van der Waals surface area (Å²) >= 11 is 0. The highest BCUT2D eigenvalue weighted by atomic mass is 31.2. The van der Waals surface area contributed by atoms with Gasteiger partial charge in [-0.2, -0.15) is 0 Å². The lowest BCUT2D eigenvalue weighted by Gasteiger charge is -2.29. The minimum Gasteiger partial charge on any atom is -0.372 e. The molecule has 20 heavy (non-hydrogen) atoms. The molecule has 0 fully saturated rings. The maximum Gasteiger partial charge on any atom is 0.470 e. The summed E-state index contributed by atoms with van der Waals surface area (Å²) in [5, 5.41) is 10.1. The first-order chi connectivity index (χ1) is 9.04. The third kappa shape index (κ3) is 3.89. The van der Waals surface area contributed by atoms with E-state index in [0.717, 1.165) is 0 Å². The lowest BCUT2D eigenvalue weighted by Crippen LogP contribution is -2.58. The summed E-state index contributed by atoms with van der Waals surface area (Å²) in [6, 6.07) is 0. The van der Waals surface area contributed by atoms with Crippen LogP contribution in [-0.4, -0.2) is 43.9 Å². The first kappa shape index (κ1) is 18.3. The maximum absolute atomic E-state index is 11.6. The summed E-state index contributed by atoms with van der Waals surface area (Å²) in [5.41, 5.74) is -3.18. The topological polar surface area (TPSA) is 138 Å². The van der Waals surface area contributed by atoms with Crippen LogP contribution in [0.15, 0.2) is 38.0 Å². The zero-order valence-corrected chi connectivity index (χ0v) is 11.2. The van der Waals surface area contributed by atoms with E-state index in [-0.39, 0.29) is 0 Å². The number of ketones is 3. The summed E-state index contributed by atoms with van der Waals surface area (Å²) in [6.07, 6.45) is -0.920. The fourth-order valence-electron chi connectivity index (χ4n) is 1.27. The predicted octanol–water partition coefficient (Wildman–Crippen LogP) is -0.539. The molecule has 110 valence electrons. The third-order valence-electron chi connectivity index (χ3n) is 2.20. The number of hydrogen-bond acceptors (Lipinski definition) is 6. The molecule has 0 rings (SSSR count). The van der Waals surface area contributed by atoms with E-state index in [1.807, 2.05) is 0 Å². The predicted molar refractivity (Wildman–Crippen MR) is 67.5 cm³/mol. The van der Waals surface area contributed by atoms with Crippen LogP contribution in [0.2, 0.25) is 0 Å². The van der Waals surface area contributed by atoms with Crippen molar-refractivity contribution in [3.05, 3.63) is 38.0 Å².